The smallest absolute Gasteiger partial charge is 0.225 e. The first kappa shape index (κ1) is 15.8. The lowest BCUT2D eigenvalue weighted by Crippen LogP contribution is -2.43. The average Bonchev–Trinajstić information content (AvgIpc) is 3.38. The summed E-state index contributed by atoms with van der Waals surface area (Å²) in [5.41, 5.74) is 1.18. The molecule has 2 aliphatic carbocycles. The molecular formula is C16H25ClN4O. The number of hydrogen-bond donors (Lipinski definition) is 2. The Balaban J connectivity index is 0.00000144. The maximum Gasteiger partial charge on any atom is 0.225 e. The van der Waals surface area contributed by atoms with Crippen molar-refractivity contribution in [3.8, 4) is 0 Å². The van der Waals surface area contributed by atoms with E-state index in [1.807, 2.05) is 24.1 Å². The van der Waals surface area contributed by atoms with E-state index in [2.05, 4.69) is 15.7 Å². The predicted molar refractivity (Wildman–Crippen MR) is 86.9 cm³/mol. The van der Waals surface area contributed by atoms with Crippen LogP contribution in [0, 0.1) is 17.8 Å². The summed E-state index contributed by atoms with van der Waals surface area (Å²) < 4.78 is 1.82. The summed E-state index contributed by atoms with van der Waals surface area (Å²) >= 11 is 0. The van der Waals surface area contributed by atoms with Crippen LogP contribution in [0.25, 0.3) is 0 Å². The Morgan fingerprint density at radius 3 is 2.55 bits per heavy atom. The monoisotopic (exact) mass is 324 g/mol. The van der Waals surface area contributed by atoms with Crippen molar-refractivity contribution in [2.24, 2.45) is 24.8 Å². The highest BCUT2D eigenvalue weighted by Crippen LogP contribution is 2.44. The minimum atomic E-state index is 0. The number of hydrogen-bond acceptors (Lipinski definition) is 3. The van der Waals surface area contributed by atoms with Crippen LogP contribution in [0.5, 0.6) is 0 Å². The first-order valence-electron chi connectivity index (χ1n) is 8.22. The van der Waals surface area contributed by atoms with Gasteiger partial charge in [0.1, 0.15) is 0 Å². The average molecular weight is 325 g/mol. The first-order valence-corrected chi connectivity index (χ1v) is 8.22. The minimum absolute atomic E-state index is 0. The molecule has 1 aromatic heterocycles. The van der Waals surface area contributed by atoms with Crippen molar-refractivity contribution in [2.75, 3.05) is 13.1 Å². The molecule has 6 heteroatoms. The van der Waals surface area contributed by atoms with Gasteiger partial charge < -0.3 is 10.6 Å². The van der Waals surface area contributed by atoms with Gasteiger partial charge in [-0.2, -0.15) is 5.10 Å². The summed E-state index contributed by atoms with van der Waals surface area (Å²) in [5, 5.41) is 11.0. The summed E-state index contributed by atoms with van der Waals surface area (Å²) in [4.78, 5) is 12.7. The van der Waals surface area contributed by atoms with Gasteiger partial charge >= 0.3 is 0 Å². The van der Waals surface area contributed by atoms with Crippen molar-refractivity contribution >= 4 is 18.3 Å². The second-order valence-electron chi connectivity index (χ2n) is 7.03. The van der Waals surface area contributed by atoms with Crippen LogP contribution in [0.15, 0.2) is 12.4 Å². The van der Waals surface area contributed by atoms with Gasteiger partial charge in [-0.05, 0) is 43.1 Å². The van der Waals surface area contributed by atoms with Crippen LogP contribution in [0.4, 0.5) is 0 Å². The number of nitrogens with zero attached hydrogens (tertiary/aromatic N) is 2. The fourth-order valence-corrected chi connectivity index (χ4v) is 3.74. The van der Waals surface area contributed by atoms with Gasteiger partial charge in [-0.3, -0.25) is 9.48 Å². The third kappa shape index (κ3) is 3.15. The van der Waals surface area contributed by atoms with Crippen molar-refractivity contribution in [1.29, 1.82) is 0 Å². The van der Waals surface area contributed by atoms with E-state index >= 15 is 0 Å². The zero-order valence-electron chi connectivity index (χ0n) is 13.0. The third-order valence-corrected chi connectivity index (χ3v) is 5.27. The molecule has 2 atom stereocenters. The van der Waals surface area contributed by atoms with Crippen LogP contribution in [-0.4, -0.2) is 34.8 Å². The zero-order valence-corrected chi connectivity index (χ0v) is 13.8. The Hall–Kier alpha value is -1.07. The Bertz CT molecular complexity index is 526. The van der Waals surface area contributed by atoms with E-state index in [-0.39, 0.29) is 30.2 Å². The maximum absolute atomic E-state index is 12.7. The van der Waals surface area contributed by atoms with Crippen LogP contribution < -0.4 is 10.6 Å². The van der Waals surface area contributed by atoms with Crippen molar-refractivity contribution in [2.45, 2.75) is 37.6 Å². The second-order valence-corrected chi connectivity index (χ2v) is 7.03. The van der Waals surface area contributed by atoms with E-state index < -0.39 is 0 Å². The van der Waals surface area contributed by atoms with Crippen LogP contribution in [0.3, 0.4) is 0 Å². The molecule has 0 bridgehead atoms. The van der Waals surface area contributed by atoms with E-state index in [1.165, 1.54) is 31.2 Å². The Kier molecular flexibility index (Phi) is 4.46. The quantitative estimate of drug-likeness (QED) is 0.862. The van der Waals surface area contributed by atoms with Gasteiger partial charge in [0.25, 0.3) is 0 Å². The van der Waals surface area contributed by atoms with Crippen LogP contribution in [0.2, 0.25) is 0 Å². The largest absolute Gasteiger partial charge is 0.353 e. The lowest BCUT2D eigenvalue weighted by Gasteiger charge is -2.23. The number of aryl methyl sites for hydroxylation is 1. The molecule has 1 aliphatic heterocycles. The van der Waals surface area contributed by atoms with Gasteiger partial charge in [-0.15, -0.1) is 12.4 Å². The van der Waals surface area contributed by atoms with Crippen LogP contribution in [0.1, 0.15) is 37.2 Å². The molecule has 0 spiro atoms. The molecule has 1 aromatic rings. The highest BCUT2D eigenvalue weighted by molar-refractivity contribution is 5.85. The Morgan fingerprint density at radius 1 is 1.32 bits per heavy atom. The van der Waals surface area contributed by atoms with Crippen molar-refractivity contribution in [3.05, 3.63) is 18.0 Å². The number of nitrogens with one attached hydrogen (secondary N) is 2. The molecule has 3 fully saturated rings. The Labute approximate surface area is 137 Å². The van der Waals surface area contributed by atoms with Crippen LogP contribution >= 0.6 is 12.4 Å². The summed E-state index contributed by atoms with van der Waals surface area (Å²) in [6.07, 6.45) is 9.15. The third-order valence-electron chi connectivity index (χ3n) is 5.27. The lowest BCUT2D eigenvalue weighted by molar-refractivity contribution is -0.125. The number of rotatable bonds is 5. The van der Waals surface area contributed by atoms with E-state index in [0.29, 0.717) is 6.04 Å². The molecule has 3 aliphatic rings. The van der Waals surface area contributed by atoms with Gasteiger partial charge in [-0.1, -0.05) is 0 Å². The fourth-order valence-electron chi connectivity index (χ4n) is 3.74. The molecule has 1 saturated heterocycles. The standard InChI is InChI=1S/C16H24N4O.ClH/c1-20-9-12(6-18-20)13-7-17-8-14(13)16(21)19-15(10-2-3-10)11-4-5-11;/h6,9-11,13-15,17H,2-5,7-8H2,1H3,(H,19,21);1H/t13-,14+;/m1./s1. The van der Waals surface area contributed by atoms with E-state index in [9.17, 15) is 4.79 Å². The van der Waals surface area contributed by atoms with Crippen LogP contribution in [-0.2, 0) is 11.8 Å². The van der Waals surface area contributed by atoms with Gasteiger partial charge in [-0.25, -0.2) is 0 Å². The summed E-state index contributed by atoms with van der Waals surface area (Å²) in [7, 11) is 1.93. The van der Waals surface area contributed by atoms with E-state index in [1.54, 1.807) is 0 Å². The van der Waals surface area contributed by atoms with Crippen molar-refractivity contribution < 1.29 is 4.79 Å². The molecule has 5 nitrogen and oxygen atoms in total. The molecule has 0 radical (unpaired) electrons. The molecule has 122 valence electrons. The zero-order chi connectivity index (χ0) is 14.4. The highest BCUT2D eigenvalue weighted by Gasteiger charge is 2.44. The van der Waals surface area contributed by atoms with Gasteiger partial charge in [0, 0.05) is 38.3 Å². The number of aromatic nitrogens is 2. The summed E-state index contributed by atoms with van der Waals surface area (Å²) in [5.74, 6) is 2.07. The van der Waals surface area contributed by atoms with E-state index in [4.69, 9.17) is 0 Å². The second kappa shape index (κ2) is 6.20. The summed E-state index contributed by atoms with van der Waals surface area (Å²) in [6, 6.07) is 0.452. The highest BCUT2D eigenvalue weighted by atomic mass is 35.5. The number of carbonyl (C=O) groups is 1. The molecule has 2 saturated carbocycles. The fraction of sp³-hybridized carbons (Fsp3) is 0.750. The first-order chi connectivity index (χ1) is 10.2. The molecular weight excluding hydrogens is 300 g/mol. The molecule has 22 heavy (non-hydrogen) atoms. The van der Waals surface area contributed by atoms with Crippen molar-refractivity contribution in [3.63, 3.8) is 0 Å². The number of amides is 1. The van der Waals surface area contributed by atoms with Crippen molar-refractivity contribution in [1.82, 2.24) is 20.4 Å². The topological polar surface area (TPSA) is 59.0 Å². The summed E-state index contributed by atoms with van der Waals surface area (Å²) in [6.45, 7) is 1.66. The number of carbonyl (C=O) groups excluding carboxylic acids is 1. The SMILES string of the molecule is Cl.Cn1cc([C@H]2CNC[C@@H]2C(=O)NC(C2CC2)C2CC2)cn1. The van der Waals surface area contributed by atoms with Gasteiger partial charge in [0.15, 0.2) is 0 Å². The normalized spacial score (nSPS) is 27.7. The molecule has 4 rings (SSSR count). The molecule has 0 unspecified atom stereocenters. The molecule has 2 N–H and O–H groups in total. The molecule has 2 heterocycles. The Morgan fingerprint density at radius 2 is 2.00 bits per heavy atom. The number of halogens is 1. The van der Waals surface area contributed by atoms with Gasteiger partial charge in [0.2, 0.25) is 5.91 Å². The molecule has 0 aromatic carbocycles. The maximum atomic E-state index is 12.7. The predicted octanol–water partition coefficient (Wildman–Crippen LogP) is 1.45. The van der Waals surface area contributed by atoms with E-state index in [0.717, 1.165) is 24.9 Å². The molecule has 1 amide bonds. The lowest BCUT2D eigenvalue weighted by atomic mass is 9.89. The van der Waals surface area contributed by atoms with Gasteiger partial charge in [0.05, 0.1) is 12.1 Å². The minimum Gasteiger partial charge on any atom is -0.353 e.